The highest BCUT2D eigenvalue weighted by atomic mass is 19.4. The van der Waals surface area contributed by atoms with E-state index >= 15 is 0 Å². The summed E-state index contributed by atoms with van der Waals surface area (Å²) in [6.07, 6.45) is -2.77. The number of aryl methyl sites for hydroxylation is 1. The fraction of sp³-hybridized carbons (Fsp3) is 0.263. The molecule has 164 valence electrons. The molecule has 0 saturated carbocycles. The lowest BCUT2D eigenvalue weighted by Gasteiger charge is -2.14. The summed E-state index contributed by atoms with van der Waals surface area (Å²) in [5.41, 5.74) is 1.24. The summed E-state index contributed by atoms with van der Waals surface area (Å²) in [4.78, 5) is 32.8. The highest BCUT2D eigenvalue weighted by molar-refractivity contribution is 6.00. The first-order valence-corrected chi connectivity index (χ1v) is 9.10. The number of halogens is 3. The third kappa shape index (κ3) is 4.43. The van der Waals surface area contributed by atoms with Gasteiger partial charge in [0.25, 0.3) is 11.8 Å². The van der Waals surface area contributed by atoms with Gasteiger partial charge in [-0.05, 0) is 31.5 Å². The van der Waals surface area contributed by atoms with E-state index < -0.39 is 34.6 Å². The number of hydrogen-bond donors (Lipinski definition) is 3. The molecule has 3 rings (SSSR count). The maximum Gasteiger partial charge on any atom is 0.419 e. The molecule has 31 heavy (non-hydrogen) atoms. The SMILES string of the molecule is CCNC(=O)c1cn2ncnc(Nc3cc(C(=O)NOC)ccc3C)c2c1C(F)(F)F. The van der Waals surface area contributed by atoms with Crippen molar-refractivity contribution in [1.82, 2.24) is 25.4 Å². The normalized spacial score (nSPS) is 11.4. The lowest BCUT2D eigenvalue weighted by atomic mass is 10.1. The summed E-state index contributed by atoms with van der Waals surface area (Å²) < 4.78 is 42.7. The van der Waals surface area contributed by atoms with Crippen LogP contribution in [0.4, 0.5) is 24.7 Å². The van der Waals surface area contributed by atoms with Crippen LogP contribution in [0.1, 0.15) is 38.8 Å². The van der Waals surface area contributed by atoms with Crippen molar-refractivity contribution in [3.05, 3.63) is 53.0 Å². The molecule has 0 unspecified atom stereocenters. The molecule has 0 aliphatic carbocycles. The number of anilines is 2. The van der Waals surface area contributed by atoms with Crippen molar-refractivity contribution in [2.24, 2.45) is 0 Å². The van der Waals surface area contributed by atoms with Gasteiger partial charge in [-0.15, -0.1) is 0 Å². The number of alkyl halides is 3. The van der Waals surface area contributed by atoms with Crippen molar-refractivity contribution in [3.8, 4) is 0 Å². The van der Waals surface area contributed by atoms with Gasteiger partial charge in [0.15, 0.2) is 5.82 Å². The lowest BCUT2D eigenvalue weighted by molar-refractivity contribution is -0.136. The predicted octanol–water partition coefficient (Wildman–Crippen LogP) is 2.84. The number of carbonyl (C=O) groups excluding carboxylic acids is 2. The van der Waals surface area contributed by atoms with E-state index in [0.29, 0.717) is 11.3 Å². The van der Waals surface area contributed by atoms with Gasteiger partial charge < -0.3 is 10.6 Å². The summed E-state index contributed by atoms with van der Waals surface area (Å²) in [6.45, 7) is 3.47. The van der Waals surface area contributed by atoms with E-state index in [1.54, 1.807) is 19.9 Å². The molecule has 0 fully saturated rings. The van der Waals surface area contributed by atoms with Gasteiger partial charge in [-0.3, -0.25) is 14.4 Å². The molecule has 12 heteroatoms. The quantitative estimate of drug-likeness (QED) is 0.513. The summed E-state index contributed by atoms with van der Waals surface area (Å²) in [7, 11) is 1.28. The molecule has 2 heterocycles. The third-order valence-electron chi connectivity index (χ3n) is 4.39. The second-order valence-corrected chi connectivity index (χ2v) is 6.47. The van der Waals surface area contributed by atoms with E-state index in [1.807, 2.05) is 0 Å². The summed E-state index contributed by atoms with van der Waals surface area (Å²) in [5, 5.41) is 9.01. The molecule has 3 N–H and O–H groups in total. The highest BCUT2D eigenvalue weighted by Crippen LogP contribution is 2.39. The van der Waals surface area contributed by atoms with E-state index in [0.717, 1.165) is 17.0 Å². The van der Waals surface area contributed by atoms with Gasteiger partial charge in [0.2, 0.25) is 0 Å². The van der Waals surface area contributed by atoms with Gasteiger partial charge in [-0.1, -0.05) is 6.07 Å². The van der Waals surface area contributed by atoms with E-state index in [9.17, 15) is 22.8 Å². The Morgan fingerprint density at radius 3 is 2.61 bits per heavy atom. The van der Waals surface area contributed by atoms with Gasteiger partial charge in [0, 0.05) is 24.0 Å². The number of benzene rings is 1. The molecule has 3 aromatic rings. The Hall–Kier alpha value is -3.67. The maximum atomic E-state index is 13.9. The molecule has 1 aromatic carbocycles. The Kier molecular flexibility index (Phi) is 6.11. The first-order valence-electron chi connectivity index (χ1n) is 9.10. The smallest absolute Gasteiger partial charge is 0.352 e. The summed E-state index contributed by atoms with van der Waals surface area (Å²) in [5.74, 6) is -1.58. The van der Waals surface area contributed by atoms with Crippen molar-refractivity contribution >= 4 is 28.8 Å². The number of rotatable bonds is 6. The van der Waals surface area contributed by atoms with Gasteiger partial charge >= 0.3 is 6.18 Å². The molecule has 0 aliphatic rings. The number of amides is 2. The monoisotopic (exact) mass is 436 g/mol. The molecule has 0 radical (unpaired) electrons. The number of hydrogen-bond acceptors (Lipinski definition) is 6. The average Bonchev–Trinajstić information content (AvgIpc) is 3.11. The molecule has 2 aromatic heterocycles. The molecule has 0 spiro atoms. The number of hydroxylamine groups is 1. The predicted molar refractivity (Wildman–Crippen MR) is 105 cm³/mol. The van der Waals surface area contributed by atoms with E-state index in [-0.39, 0.29) is 17.9 Å². The van der Waals surface area contributed by atoms with E-state index in [1.165, 1.54) is 19.2 Å². The van der Waals surface area contributed by atoms with Crippen LogP contribution in [0.2, 0.25) is 0 Å². The zero-order valence-corrected chi connectivity index (χ0v) is 16.8. The first kappa shape index (κ1) is 22.0. The zero-order valence-electron chi connectivity index (χ0n) is 16.8. The van der Waals surface area contributed by atoms with Crippen molar-refractivity contribution < 1.29 is 27.6 Å². The molecule has 0 atom stereocenters. The van der Waals surface area contributed by atoms with Crippen molar-refractivity contribution in [1.29, 1.82) is 0 Å². The van der Waals surface area contributed by atoms with E-state index in [2.05, 4.69) is 31.0 Å². The van der Waals surface area contributed by atoms with Crippen LogP contribution in [0, 0.1) is 6.92 Å². The minimum atomic E-state index is -4.84. The van der Waals surface area contributed by atoms with Crippen LogP contribution in [0.25, 0.3) is 5.52 Å². The van der Waals surface area contributed by atoms with Gasteiger partial charge in [-0.25, -0.2) is 15.0 Å². The van der Waals surface area contributed by atoms with Crippen LogP contribution in [0.5, 0.6) is 0 Å². The standard InChI is InChI=1S/C19H19F3N6O3/c1-4-23-18(30)12-8-28-15(14(12)19(20,21)22)16(24-9-25-28)26-13-7-11(6-5-10(13)2)17(29)27-31-3/h5-9H,4H2,1-3H3,(H,23,30)(H,27,29)(H,24,25,26). The number of nitrogens with one attached hydrogen (secondary N) is 3. The van der Waals surface area contributed by atoms with Crippen LogP contribution in [0.15, 0.2) is 30.7 Å². The number of aromatic nitrogens is 3. The number of nitrogens with zero attached hydrogens (tertiary/aromatic N) is 3. The molecule has 9 nitrogen and oxygen atoms in total. The lowest BCUT2D eigenvalue weighted by Crippen LogP contribution is -2.25. The van der Waals surface area contributed by atoms with Crippen molar-refractivity contribution in [3.63, 3.8) is 0 Å². The molecular formula is C19H19F3N6O3. The Bertz CT molecular complexity index is 1140. The summed E-state index contributed by atoms with van der Waals surface area (Å²) in [6, 6.07) is 4.60. The minimum absolute atomic E-state index is 0.161. The van der Waals surface area contributed by atoms with Crippen LogP contribution in [-0.4, -0.2) is 40.1 Å². The van der Waals surface area contributed by atoms with Crippen LogP contribution in [-0.2, 0) is 11.0 Å². The second-order valence-electron chi connectivity index (χ2n) is 6.47. The van der Waals surface area contributed by atoms with Gasteiger partial charge in [0.05, 0.1) is 18.2 Å². The molecule has 2 amide bonds. The number of carbonyl (C=O) groups is 2. The number of fused-ring (bicyclic) bond motifs is 1. The molecule has 0 bridgehead atoms. The fourth-order valence-electron chi connectivity index (χ4n) is 3.00. The second kappa shape index (κ2) is 8.60. The van der Waals surface area contributed by atoms with Gasteiger partial charge in [0.1, 0.15) is 11.8 Å². The van der Waals surface area contributed by atoms with Crippen LogP contribution < -0.4 is 16.1 Å². The zero-order chi connectivity index (χ0) is 22.8. The molecule has 0 saturated heterocycles. The van der Waals surface area contributed by atoms with Crippen molar-refractivity contribution in [2.45, 2.75) is 20.0 Å². The summed E-state index contributed by atoms with van der Waals surface area (Å²) >= 11 is 0. The Morgan fingerprint density at radius 2 is 1.97 bits per heavy atom. The Morgan fingerprint density at radius 1 is 1.23 bits per heavy atom. The van der Waals surface area contributed by atoms with Crippen LogP contribution >= 0.6 is 0 Å². The maximum absolute atomic E-state index is 13.9. The average molecular weight is 436 g/mol. The Labute approximate surface area is 174 Å². The molecular weight excluding hydrogens is 417 g/mol. The largest absolute Gasteiger partial charge is 0.419 e. The highest BCUT2D eigenvalue weighted by Gasteiger charge is 2.40. The topological polar surface area (TPSA) is 110 Å². The van der Waals surface area contributed by atoms with Crippen LogP contribution in [0.3, 0.4) is 0 Å². The third-order valence-corrected chi connectivity index (χ3v) is 4.39. The van der Waals surface area contributed by atoms with E-state index in [4.69, 9.17) is 0 Å². The van der Waals surface area contributed by atoms with Crippen molar-refractivity contribution in [2.75, 3.05) is 19.0 Å². The fourth-order valence-corrected chi connectivity index (χ4v) is 3.00. The Balaban J connectivity index is 2.15. The molecule has 0 aliphatic heterocycles. The minimum Gasteiger partial charge on any atom is -0.352 e. The first-order chi connectivity index (χ1) is 14.7. The van der Waals surface area contributed by atoms with Gasteiger partial charge in [-0.2, -0.15) is 18.3 Å².